The highest BCUT2D eigenvalue weighted by atomic mass is 19.1. The molecule has 2 aromatic carbocycles. The molecule has 0 spiro atoms. The van der Waals surface area contributed by atoms with Crippen LogP contribution in [0.4, 0.5) is 4.39 Å². The molecular weight excluding hydrogens is 317 g/mol. The number of fused-ring (bicyclic) bond motifs is 1. The number of H-pyrrole nitrogens is 1. The van der Waals surface area contributed by atoms with E-state index in [0.717, 1.165) is 48.4 Å². The van der Waals surface area contributed by atoms with Crippen LogP contribution < -0.4 is 0 Å². The molecule has 25 heavy (non-hydrogen) atoms. The Morgan fingerprint density at radius 1 is 1.12 bits per heavy atom. The number of likely N-dealkylation sites (tertiary alicyclic amines) is 1. The fourth-order valence-corrected chi connectivity index (χ4v) is 3.35. The van der Waals surface area contributed by atoms with Crippen molar-refractivity contribution < 1.29 is 9.13 Å². The maximum atomic E-state index is 13.4. The molecule has 1 N–H and O–H groups in total. The molecule has 0 aliphatic carbocycles. The van der Waals surface area contributed by atoms with Gasteiger partial charge in [-0.15, -0.1) is 0 Å². The van der Waals surface area contributed by atoms with E-state index in [1.165, 1.54) is 12.1 Å². The Kier molecular flexibility index (Phi) is 4.51. The summed E-state index contributed by atoms with van der Waals surface area (Å²) in [6.07, 6.45) is 1.85. The molecule has 5 heteroatoms. The molecular formula is C20H22FN3O. The summed E-state index contributed by atoms with van der Waals surface area (Å²) in [6, 6.07) is 14.4. The van der Waals surface area contributed by atoms with Gasteiger partial charge >= 0.3 is 0 Å². The van der Waals surface area contributed by atoms with Crippen LogP contribution in [0, 0.1) is 5.82 Å². The van der Waals surface area contributed by atoms with Crippen molar-refractivity contribution in [2.45, 2.75) is 25.0 Å². The van der Waals surface area contributed by atoms with Crippen molar-refractivity contribution in [3.8, 4) is 0 Å². The minimum absolute atomic E-state index is 0.180. The molecule has 1 fully saturated rings. The van der Waals surface area contributed by atoms with Crippen molar-refractivity contribution in [3.63, 3.8) is 0 Å². The Morgan fingerprint density at radius 3 is 2.56 bits per heavy atom. The van der Waals surface area contributed by atoms with Crippen molar-refractivity contribution in [2.75, 3.05) is 20.1 Å². The van der Waals surface area contributed by atoms with Gasteiger partial charge in [0.25, 0.3) is 0 Å². The number of nitrogens with zero attached hydrogens (tertiary/aromatic N) is 2. The Hall–Kier alpha value is -2.24. The van der Waals surface area contributed by atoms with E-state index in [0.29, 0.717) is 0 Å². The average molecular weight is 339 g/mol. The average Bonchev–Trinajstić information content (AvgIpc) is 3.06. The van der Waals surface area contributed by atoms with Crippen LogP contribution in [0.3, 0.4) is 0 Å². The Labute approximate surface area is 146 Å². The van der Waals surface area contributed by atoms with Gasteiger partial charge < -0.3 is 14.6 Å². The van der Waals surface area contributed by atoms with Gasteiger partial charge in [-0.1, -0.05) is 24.3 Å². The van der Waals surface area contributed by atoms with E-state index in [1.54, 1.807) is 12.1 Å². The first-order valence-corrected chi connectivity index (χ1v) is 8.73. The van der Waals surface area contributed by atoms with Crippen LogP contribution in [0.5, 0.6) is 0 Å². The minimum atomic E-state index is -0.318. The highest BCUT2D eigenvalue weighted by Crippen LogP contribution is 2.29. The van der Waals surface area contributed by atoms with Gasteiger partial charge in [-0.25, -0.2) is 9.37 Å². The summed E-state index contributed by atoms with van der Waals surface area (Å²) in [5.41, 5.74) is 2.81. The maximum Gasteiger partial charge on any atom is 0.141 e. The first-order valence-electron chi connectivity index (χ1n) is 8.73. The number of benzene rings is 2. The number of rotatable bonds is 4. The van der Waals surface area contributed by atoms with Crippen molar-refractivity contribution in [1.29, 1.82) is 0 Å². The zero-order chi connectivity index (χ0) is 17.2. The van der Waals surface area contributed by atoms with E-state index in [2.05, 4.69) is 16.9 Å². The number of ether oxygens (including phenoxy) is 1. The highest BCUT2D eigenvalue weighted by Gasteiger charge is 2.25. The molecule has 2 heterocycles. The molecule has 3 aromatic rings. The van der Waals surface area contributed by atoms with Gasteiger partial charge in [0.05, 0.1) is 17.1 Å². The first-order chi connectivity index (χ1) is 12.2. The Balaban J connectivity index is 1.66. The number of aromatic amines is 1. The molecule has 0 amide bonds. The van der Waals surface area contributed by atoms with Gasteiger partial charge in [0.15, 0.2) is 0 Å². The summed E-state index contributed by atoms with van der Waals surface area (Å²) in [5.74, 6) is 0.526. The highest BCUT2D eigenvalue weighted by molar-refractivity contribution is 5.74. The molecule has 130 valence electrons. The lowest BCUT2D eigenvalue weighted by Crippen LogP contribution is -2.35. The lowest BCUT2D eigenvalue weighted by atomic mass is 10.1. The van der Waals surface area contributed by atoms with Crippen molar-refractivity contribution >= 4 is 11.0 Å². The number of nitrogens with one attached hydrogen (secondary N) is 1. The predicted octanol–water partition coefficient (Wildman–Crippen LogP) is 3.90. The van der Waals surface area contributed by atoms with Crippen LogP contribution in [0.2, 0.25) is 0 Å². The second-order valence-corrected chi connectivity index (χ2v) is 6.71. The zero-order valence-corrected chi connectivity index (χ0v) is 14.3. The third-order valence-electron chi connectivity index (χ3n) is 4.82. The summed E-state index contributed by atoms with van der Waals surface area (Å²) >= 11 is 0. The summed E-state index contributed by atoms with van der Waals surface area (Å²) < 4.78 is 19.8. The van der Waals surface area contributed by atoms with Crippen LogP contribution in [-0.2, 0) is 4.74 Å². The van der Waals surface area contributed by atoms with Crippen LogP contribution in [0.15, 0.2) is 48.5 Å². The van der Waals surface area contributed by atoms with Crippen molar-refractivity contribution in [3.05, 3.63) is 65.7 Å². The van der Waals surface area contributed by atoms with Gasteiger partial charge in [-0.2, -0.15) is 0 Å². The standard InChI is InChI=1S/C20H22FN3O/c1-24-12-10-16(11-13-24)25-19(14-6-8-15(21)9-7-14)20-22-17-4-2-3-5-18(17)23-20/h2-9,16,19H,10-13H2,1H3,(H,22,23). The second-order valence-electron chi connectivity index (χ2n) is 6.71. The van der Waals surface area contributed by atoms with E-state index in [4.69, 9.17) is 9.72 Å². The van der Waals surface area contributed by atoms with E-state index in [1.807, 2.05) is 24.3 Å². The molecule has 4 rings (SSSR count). The molecule has 1 atom stereocenters. The largest absolute Gasteiger partial charge is 0.362 e. The molecule has 0 radical (unpaired) electrons. The number of hydrogen-bond donors (Lipinski definition) is 1. The smallest absolute Gasteiger partial charge is 0.141 e. The van der Waals surface area contributed by atoms with Crippen LogP contribution in [-0.4, -0.2) is 41.1 Å². The Bertz CT molecular complexity index is 805. The van der Waals surface area contributed by atoms with Gasteiger partial charge in [-0.05, 0) is 49.7 Å². The van der Waals surface area contributed by atoms with Crippen LogP contribution in [0.1, 0.15) is 30.3 Å². The SMILES string of the molecule is CN1CCC(OC(c2ccc(F)cc2)c2nc3ccccc3[nH]2)CC1. The summed E-state index contributed by atoms with van der Waals surface area (Å²) in [4.78, 5) is 10.4. The van der Waals surface area contributed by atoms with Gasteiger partial charge in [0.1, 0.15) is 17.7 Å². The minimum Gasteiger partial charge on any atom is -0.362 e. The molecule has 4 nitrogen and oxygen atoms in total. The molecule has 1 aromatic heterocycles. The molecule has 1 aliphatic rings. The molecule has 1 unspecified atom stereocenters. The molecule has 1 saturated heterocycles. The maximum absolute atomic E-state index is 13.4. The summed E-state index contributed by atoms with van der Waals surface area (Å²) in [7, 11) is 2.13. The third kappa shape index (κ3) is 3.57. The topological polar surface area (TPSA) is 41.1 Å². The number of hydrogen-bond acceptors (Lipinski definition) is 3. The fourth-order valence-electron chi connectivity index (χ4n) is 3.35. The van der Waals surface area contributed by atoms with Crippen molar-refractivity contribution in [1.82, 2.24) is 14.9 Å². The quantitative estimate of drug-likeness (QED) is 0.784. The second kappa shape index (κ2) is 6.94. The number of piperidine rings is 1. The summed E-state index contributed by atoms with van der Waals surface area (Å²) in [5, 5.41) is 0. The van der Waals surface area contributed by atoms with Crippen LogP contribution >= 0.6 is 0 Å². The molecule has 0 bridgehead atoms. The number of para-hydroxylation sites is 2. The first kappa shape index (κ1) is 16.2. The monoisotopic (exact) mass is 339 g/mol. The van der Waals surface area contributed by atoms with E-state index < -0.39 is 0 Å². The lowest BCUT2D eigenvalue weighted by molar-refractivity contribution is -0.0264. The number of imidazole rings is 1. The predicted molar refractivity (Wildman–Crippen MR) is 95.9 cm³/mol. The zero-order valence-electron chi connectivity index (χ0n) is 14.3. The van der Waals surface area contributed by atoms with E-state index >= 15 is 0 Å². The molecule has 1 aliphatic heterocycles. The number of halogens is 1. The number of aromatic nitrogens is 2. The van der Waals surface area contributed by atoms with Gasteiger partial charge in [0.2, 0.25) is 0 Å². The Morgan fingerprint density at radius 2 is 1.84 bits per heavy atom. The molecule has 0 saturated carbocycles. The fraction of sp³-hybridized carbons (Fsp3) is 0.350. The normalized spacial score (nSPS) is 17.8. The van der Waals surface area contributed by atoms with Gasteiger partial charge in [0, 0.05) is 13.1 Å². The summed E-state index contributed by atoms with van der Waals surface area (Å²) in [6.45, 7) is 2.06. The van der Waals surface area contributed by atoms with Crippen LogP contribution in [0.25, 0.3) is 11.0 Å². The van der Waals surface area contributed by atoms with E-state index in [-0.39, 0.29) is 18.0 Å². The van der Waals surface area contributed by atoms with Crippen molar-refractivity contribution in [2.24, 2.45) is 0 Å². The lowest BCUT2D eigenvalue weighted by Gasteiger charge is -2.31. The van der Waals surface area contributed by atoms with E-state index in [9.17, 15) is 4.39 Å². The van der Waals surface area contributed by atoms with Gasteiger partial charge in [-0.3, -0.25) is 0 Å². The third-order valence-corrected chi connectivity index (χ3v) is 4.82.